The van der Waals surface area contributed by atoms with Gasteiger partial charge >= 0.3 is 0 Å². The molecule has 0 amide bonds. The van der Waals surface area contributed by atoms with Crippen LogP contribution >= 0.6 is 0 Å². The first-order valence-electron chi connectivity index (χ1n) is 5.31. The Hall–Kier alpha value is -1.64. The summed E-state index contributed by atoms with van der Waals surface area (Å²) in [7, 11) is 5.42. The van der Waals surface area contributed by atoms with E-state index in [4.69, 9.17) is 9.47 Å². The first-order valence-corrected chi connectivity index (χ1v) is 5.31. The number of nitrogens with zero attached hydrogens (tertiary/aromatic N) is 1. The predicted molar refractivity (Wildman–Crippen MR) is 63.6 cm³/mol. The van der Waals surface area contributed by atoms with E-state index in [-0.39, 0.29) is 6.04 Å². The third-order valence-electron chi connectivity index (χ3n) is 3.14. The van der Waals surface area contributed by atoms with Gasteiger partial charge in [-0.3, -0.25) is 0 Å². The van der Waals surface area contributed by atoms with Crippen LogP contribution in [0.5, 0.6) is 0 Å². The van der Waals surface area contributed by atoms with Gasteiger partial charge < -0.3 is 14.4 Å². The molecule has 2 rings (SSSR count). The third kappa shape index (κ3) is 1.52. The first-order chi connectivity index (χ1) is 7.69. The Bertz CT molecular complexity index is 416. The van der Waals surface area contributed by atoms with Crippen molar-refractivity contribution in [3.8, 4) is 0 Å². The van der Waals surface area contributed by atoms with E-state index in [1.165, 1.54) is 5.70 Å². The molecule has 1 aliphatic carbocycles. The molecule has 0 spiro atoms. The van der Waals surface area contributed by atoms with Gasteiger partial charge in [-0.1, -0.05) is 12.2 Å². The molecule has 0 bridgehead atoms. The lowest BCUT2D eigenvalue weighted by atomic mass is 9.94. The zero-order chi connectivity index (χ0) is 11.7. The molecule has 16 heavy (non-hydrogen) atoms. The molecular weight excluding hydrogens is 202 g/mol. The Morgan fingerprint density at radius 2 is 1.94 bits per heavy atom. The quantitative estimate of drug-likeness (QED) is 0.710. The molecule has 0 aromatic heterocycles. The fourth-order valence-electron chi connectivity index (χ4n) is 2.07. The minimum Gasteiger partial charge on any atom is -0.493 e. The zero-order valence-electron chi connectivity index (χ0n) is 10.2. The van der Waals surface area contributed by atoms with Gasteiger partial charge in [0.15, 0.2) is 11.5 Å². The lowest BCUT2D eigenvalue weighted by molar-refractivity contribution is 0.224. The maximum absolute atomic E-state index is 5.43. The molecule has 0 fully saturated rings. The number of methoxy groups -OCH3 is 2. The third-order valence-corrected chi connectivity index (χ3v) is 3.14. The van der Waals surface area contributed by atoms with E-state index < -0.39 is 0 Å². The highest BCUT2D eigenvalue weighted by molar-refractivity contribution is 5.48. The number of likely N-dealkylation sites (N-methyl/N-ethyl adjacent to an activating group) is 1. The van der Waals surface area contributed by atoms with Gasteiger partial charge in [0.1, 0.15) is 0 Å². The topological polar surface area (TPSA) is 21.7 Å². The minimum absolute atomic E-state index is 0.249. The van der Waals surface area contributed by atoms with Gasteiger partial charge in [-0.15, -0.1) is 0 Å². The maximum Gasteiger partial charge on any atom is 0.166 e. The van der Waals surface area contributed by atoms with Gasteiger partial charge in [0, 0.05) is 18.3 Å². The Kier molecular flexibility index (Phi) is 2.77. The van der Waals surface area contributed by atoms with E-state index in [9.17, 15) is 0 Å². The molecular formula is C13H17NO2. The summed E-state index contributed by atoms with van der Waals surface area (Å²) >= 11 is 0. The van der Waals surface area contributed by atoms with Crippen LogP contribution in [0.3, 0.4) is 0 Å². The maximum atomic E-state index is 5.43. The van der Waals surface area contributed by atoms with Gasteiger partial charge in [0.25, 0.3) is 0 Å². The van der Waals surface area contributed by atoms with Crippen molar-refractivity contribution in [1.29, 1.82) is 0 Å². The van der Waals surface area contributed by atoms with Gasteiger partial charge in [-0.25, -0.2) is 0 Å². The molecule has 86 valence electrons. The van der Waals surface area contributed by atoms with Gasteiger partial charge in [0.2, 0.25) is 0 Å². The number of allylic oxidation sites excluding steroid dienone is 4. The van der Waals surface area contributed by atoms with Crippen molar-refractivity contribution in [1.82, 2.24) is 4.90 Å². The fraction of sp³-hybridized carbons (Fsp3) is 0.385. The molecule has 0 aromatic carbocycles. The summed E-state index contributed by atoms with van der Waals surface area (Å²) < 4.78 is 10.7. The SMILES string of the molecule is COC1=C(OC)C2=CC=C(C)N(C)C2C=C1. The van der Waals surface area contributed by atoms with E-state index in [2.05, 4.69) is 37.1 Å². The average molecular weight is 219 g/mol. The molecule has 1 aliphatic heterocycles. The summed E-state index contributed by atoms with van der Waals surface area (Å²) in [6.45, 7) is 2.10. The van der Waals surface area contributed by atoms with Gasteiger partial charge in [0.05, 0.1) is 20.3 Å². The molecule has 0 N–H and O–H groups in total. The molecule has 0 radical (unpaired) electrons. The van der Waals surface area contributed by atoms with E-state index >= 15 is 0 Å². The van der Waals surface area contributed by atoms with Crippen molar-refractivity contribution in [2.75, 3.05) is 21.3 Å². The minimum atomic E-state index is 0.249. The van der Waals surface area contributed by atoms with Gasteiger partial charge in [-0.05, 0) is 19.1 Å². The van der Waals surface area contributed by atoms with Crippen molar-refractivity contribution in [2.45, 2.75) is 13.0 Å². The Morgan fingerprint density at radius 1 is 1.19 bits per heavy atom. The predicted octanol–water partition coefficient (Wildman–Crippen LogP) is 2.20. The van der Waals surface area contributed by atoms with Crippen molar-refractivity contribution < 1.29 is 9.47 Å². The van der Waals surface area contributed by atoms with Crippen LogP contribution in [0.15, 0.2) is 47.1 Å². The second-order valence-electron chi connectivity index (χ2n) is 3.95. The van der Waals surface area contributed by atoms with Gasteiger partial charge in [-0.2, -0.15) is 0 Å². The molecule has 1 heterocycles. The normalized spacial score (nSPS) is 23.8. The largest absolute Gasteiger partial charge is 0.493 e. The van der Waals surface area contributed by atoms with Crippen LogP contribution in [0.2, 0.25) is 0 Å². The van der Waals surface area contributed by atoms with Crippen LogP contribution in [0.4, 0.5) is 0 Å². The van der Waals surface area contributed by atoms with E-state index in [0.29, 0.717) is 0 Å². The lowest BCUT2D eigenvalue weighted by Gasteiger charge is -2.35. The smallest absolute Gasteiger partial charge is 0.166 e. The average Bonchev–Trinajstić information content (AvgIpc) is 2.32. The van der Waals surface area contributed by atoms with E-state index in [1.54, 1.807) is 14.2 Å². The van der Waals surface area contributed by atoms with E-state index in [0.717, 1.165) is 17.1 Å². The number of hydrogen-bond donors (Lipinski definition) is 0. The Balaban J connectivity index is 2.47. The van der Waals surface area contributed by atoms with Crippen LogP contribution in [0.25, 0.3) is 0 Å². The number of hydrogen-bond acceptors (Lipinski definition) is 3. The zero-order valence-corrected chi connectivity index (χ0v) is 10.2. The highest BCUT2D eigenvalue weighted by Crippen LogP contribution is 2.32. The molecule has 1 unspecified atom stereocenters. The summed E-state index contributed by atoms with van der Waals surface area (Å²) in [4.78, 5) is 2.22. The summed E-state index contributed by atoms with van der Waals surface area (Å²) in [6.07, 6.45) is 8.29. The van der Waals surface area contributed by atoms with E-state index in [1.807, 2.05) is 6.08 Å². The standard InChI is InChI=1S/C13H17NO2/c1-9-5-6-10-11(14(9)2)7-8-12(15-3)13(10)16-4/h5-8,11H,1-4H3. The first kappa shape index (κ1) is 10.9. The molecule has 3 heteroatoms. The van der Waals surface area contributed by atoms with Crippen molar-refractivity contribution in [3.05, 3.63) is 47.1 Å². The number of ether oxygens (including phenoxy) is 2. The molecule has 0 aromatic rings. The summed E-state index contributed by atoms with van der Waals surface area (Å²) in [5, 5.41) is 0. The van der Waals surface area contributed by atoms with Crippen molar-refractivity contribution >= 4 is 0 Å². The van der Waals surface area contributed by atoms with Crippen molar-refractivity contribution in [3.63, 3.8) is 0 Å². The molecule has 3 nitrogen and oxygen atoms in total. The Labute approximate surface area is 96.3 Å². The highest BCUT2D eigenvalue weighted by atomic mass is 16.5. The van der Waals surface area contributed by atoms with Crippen LogP contribution < -0.4 is 0 Å². The van der Waals surface area contributed by atoms with Crippen molar-refractivity contribution in [2.24, 2.45) is 0 Å². The lowest BCUT2D eigenvalue weighted by Crippen LogP contribution is -2.35. The Morgan fingerprint density at radius 3 is 2.56 bits per heavy atom. The molecule has 1 atom stereocenters. The summed E-state index contributed by atoms with van der Waals surface area (Å²) in [6, 6.07) is 0.249. The van der Waals surface area contributed by atoms with Crippen LogP contribution in [-0.4, -0.2) is 32.2 Å². The second kappa shape index (κ2) is 4.08. The highest BCUT2D eigenvalue weighted by Gasteiger charge is 2.28. The monoisotopic (exact) mass is 219 g/mol. The summed E-state index contributed by atoms with van der Waals surface area (Å²) in [5.74, 6) is 1.61. The number of rotatable bonds is 2. The number of fused-ring (bicyclic) bond motifs is 1. The fourth-order valence-corrected chi connectivity index (χ4v) is 2.07. The summed E-state index contributed by atoms with van der Waals surface area (Å²) in [5.41, 5.74) is 2.39. The molecule has 0 saturated carbocycles. The molecule has 2 aliphatic rings. The van der Waals surface area contributed by atoms with Crippen LogP contribution in [0.1, 0.15) is 6.92 Å². The molecule has 0 saturated heterocycles. The second-order valence-corrected chi connectivity index (χ2v) is 3.95. The van der Waals surface area contributed by atoms with Crippen LogP contribution in [-0.2, 0) is 9.47 Å². The van der Waals surface area contributed by atoms with Crippen LogP contribution in [0, 0.1) is 0 Å².